The molecule has 5 saturated heterocycles. The number of nitrogen functional groups attached to an aromatic ring is 1. The van der Waals surface area contributed by atoms with E-state index in [1.807, 2.05) is 30.5 Å². The molecule has 20 rings (SSSR count). The Balaban J connectivity index is 0.000000124. The molecule has 48 nitrogen and oxygen atoms in total. The number of aromatic nitrogens is 23. The Hall–Kier alpha value is -13.8. The van der Waals surface area contributed by atoms with Gasteiger partial charge in [0.05, 0.1) is 102 Å². The minimum atomic E-state index is -5.52. The number of alkyl halides is 9. The lowest BCUT2D eigenvalue weighted by atomic mass is 9.82. The van der Waals surface area contributed by atoms with Crippen LogP contribution < -0.4 is 27.0 Å². The van der Waals surface area contributed by atoms with Crippen LogP contribution in [0, 0.1) is 58.3 Å². The summed E-state index contributed by atoms with van der Waals surface area (Å²) in [6.45, 7) is 5.22. The molecule has 0 radical (unpaired) electrons. The minimum Gasteiger partial charge on any atom is -0.393 e. The number of carbonyl (C=O) groups is 3. The SMILES string of the molecule is N#CCC1(n2cc(-c3cccc4nc(NC(=O)C5CC5)nn34)cn2)CN(S(=O)(=O)C2CC2)C1.N#CCC1(n2cc(-c3nccc4nc(N)nn34)cn2)CN(S(=O)(=O)C(F)(F)F)C1.N#CCC1(n2cc(-c3nccc4nc(NC(=O)C5CNC5)nn34)cn2)CN(S(=O)(=O)C(F)(F)F)C1.[C-]#[N+]CC1(n2cc(-c3nccc4nc(NC(=O)C5CC(O)C5)nn34)cn2)CN(S(=O)(=O)C(F)(F)F)C1. The molecule has 0 unspecified atom stereocenters. The van der Waals surface area contributed by atoms with Crippen LogP contribution in [0.2, 0.25) is 0 Å². The third-order valence-electron chi connectivity index (χ3n) is 23.3. The zero-order valence-corrected chi connectivity index (χ0v) is 71.5. The van der Waals surface area contributed by atoms with Crippen LogP contribution in [-0.4, -0.2) is 286 Å². The largest absolute Gasteiger partial charge is 0.511 e. The smallest absolute Gasteiger partial charge is 0.393 e. The van der Waals surface area contributed by atoms with Crippen molar-refractivity contribution in [1.82, 2.24) is 135 Å². The molecule has 8 aliphatic rings. The van der Waals surface area contributed by atoms with Crippen molar-refractivity contribution in [2.45, 2.75) is 108 Å². The van der Waals surface area contributed by atoms with Gasteiger partial charge in [0.15, 0.2) is 45.6 Å². The fraction of sp³-hybridized carbons (Fsp3) is 0.444. The van der Waals surface area contributed by atoms with Gasteiger partial charge in [0, 0.05) is 144 Å². The number of aliphatic hydroxyl groups excluding tert-OH is 1. The monoisotopic (exact) mass is 1930 g/mol. The lowest BCUT2D eigenvalue weighted by Crippen LogP contribution is -2.67. The van der Waals surface area contributed by atoms with E-state index in [4.69, 9.17) is 17.6 Å². The number of halogens is 9. The van der Waals surface area contributed by atoms with Crippen LogP contribution in [0.5, 0.6) is 0 Å². The summed E-state index contributed by atoms with van der Waals surface area (Å²) in [6.07, 6.45) is 19.5. The number of nitriles is 3. The molecule has 133 heavy (non-hydrogen) atoms. The Bertz CT molecular complexity index is 7280. The van der Waals surface area contributed by atoms with E-state index in [1.54, 1.807) is 39.7 Å². The van der Waals surface area contributed by atoms with Crippen LogP contribution in [0.25, 0.3) is 72.9 Å². The van der Waals surface area contributed by atoms with E-state index in [9.17, 15) is 103 Å². The normalized spacial score (nSPS) is 19.6. The third-order valence-corrected chi connectivity index (χ3v) is 30.2. The summed E-state index contributed by atoms with van der Waals surface area (Å²) in [5, 5.41) is 81.8. The number of pyridine rings is 1. The van der Waals surface area contributed by atoms with Gasteiger partial charge in [-0.3, -0.25) is 49.1 Å². The maximum absolute atomic E-state index is 12.9. The first-order valence-corrected chi connectivity index (χ1v) is 45.7. The first-order chi connectivity index (χ1) is 62.9. The first-order valence-electron chi connectivity index (χ1n) is 39.9. The van der Waals surface area contributed by atoms with Gasteiger partial charge in [0.1, 0.15) is 16.6 Å². The van der Waals surface area contributed by atoms with Gasteiger partial charge in [-0.25, -0.2) is 59.7 Å². The van der Waals surface area contributed by atoms with E-state index in [1.165, 1.54) is 87.7 Å². The summed E-state index contributed by atoms with van der Waals surface area (Å²) in [5.74, 6) is 0.201. The van der Waals surface area contributed by atoms with Gasteiger partial charge < -0.3 is 21.0 Å². The Morgan fingerprint density at radius 3 is 1.21 bits per heavy atom. The maximum Gasteiger partial charge on any atom is 0.511 e. The van der Waals surface area contributed by atoms with Crippen molar-refractivity contribution in [2.24, 2.45) is 17.8 Å². The fourth-order valence-corrected chi connectivity index (χ4v) is 20.8. The molecular formula is C72H69F9N36O12S4. The molecular weight excluding hydrogens is 1860 g/mol. The molecule has 0 aromatic carbocycles. The van der Waals surface area contributed by atoms with Crippen molar-refractivity contribution in [3.05, 3.63) is 116 Å². The van der Waals surface area contributed by atoms with Crippen molar-refractivity contribution in [2.75, 3.05) is 93.7 Å². The number of aliphatic hydroxyl groups is 1. The second-order valence-electron chi connectivity index (χ2n) is 32.6. The molecule has 5 aliphatic heterocycles. The number of hydrogen-bond acceptors (Lipinski definition) is 32. The standard InChI is InChI=1S/C21H22N8O3S.C19H18F3N9O4S.C18H17F3N10O3S.C14H12F3N9O2S/c22-9-8-21(12-27(13-21)33(31,32)16-6-7-16)28-11-15(10-23-28)17-2-1-3-18-24-20(26-29(17)18)25-19(30)14-4-5-14;1-23-8-18(9-29(10-18)36(34,35)19(20,21)22)30-7-12(6-25-30)15-24-3-2-14-26-17(28-31(14)15)27-16(33)11-4-13(32)5-11;19-18(20,21)35(33,34)29-9-17(10-29,2-3-22)30-8-12(7-25-30)14-24-4-1-13-26-16(28-31(13)14)27-15(32)11-5-23-6-11;15-14(16,17)29(27,28)24-7-13(8-24,2-3-18)25-6-9(5-21-25)11-20-4-1-10-22-12(19)23-26(10)11/h1-3,10-11,14,16H,4-8,12-13H2,(H,25,26,30);2-3,6-7,11,13,32H,4-5,8-10H2,(H,27,28,33);1,4,7-8,11,23H,2,5-6,9-10H2,(H,27,28,32);1,4-6H,2,7-8H2,(H2,19,23). The molecule has 0 spiro atoms. The van der Waals surface area contributed by atoms with Gasteiger partial charge in [-0.2, -0.15) is 126 Å². The molecule has 8 fully saturated rings. The number of fused-ring (bicyclic) bond motifs is 4. The molecule has 3 saturated carbocycles. The van der Waals surface area contributed by atoms with E-state index < -0.39 is 124 Å². The number of carbonyl (C=O) groups excluding carboxylic acids is 3. The van der Waals surface area contributed by atoms with Gasteiger partial charge in [-0.1, -0.05) is 6.07 Å². The average molecular weight is 1930 g/mol. The Labute approximate surface area is 742 Å². The molecule has 12 aromatic rings. The highest BCUT2D eigenvalue weighted by Gasteiger charge is 2.63. The second kappa shape index (κ2) is 33.5. The van der Waals surface area contributed by atoms with Crippen LogP contribution in [0.4, 0.5) is 63.3 Å². The van der Waals surface area contributed by atoms with Crippen LogP contribution >= 0.6 is 0 Å². The van der Waals surface area contributed by atoms with E-state index in [0.29, 0.717) is 83.9 Å². The zero-order chi connectivity index (χ0) is 94.7. The van der Waals surface area contributed by atoms with Crippen LogP contribution in [0.15, 0.2) is 105 Å². The molecule has 696 valence electrons. The number of amides is 3. The summed E-state index contributed by atoms with van der Waals surface area (Å²) < 4.78 is 224. The van der Waals surface area contributed by atoms with Crippen LogP contribution in [0.3, 0.4) is 0 Å². The lowest BCUT2D eigenvalue weighted by molar-refractivity contribution is -0.126. The van der Waals surface area contributed by atoms with Gasteiger partial charge in [0.2, 0.25) is 58.1 Å². The summed E-state index contributed by atoms with van der Waals surface area (Å²) in [5.41, 5.74) is -10.7. The van der Waals surface area contributed by atoms with Crippen molar-refractivity contribution in [3.8, 4) is 63.6 Å². The number of anilines is 4. The van der Waals surface area contributed by atoms with Gasteiger partial charge >= 0.3 is 46.6 Å². The highest BCUT2D eigenvalue weighted by Crippen LogP contribution is 2.45. The molecule has 3 aliphatic carbocycles. The van der Waals surface area contributed by atoms with E-state index in [-0.39, 0.29) is 128 Å². The number of nitrogens with one attached hydrogen (secondary N) is 4. The first kappa shape index (κ1) is 91.1. The van der Waals surface area contributed by atoms with Crippen molar-refractivity contribution in [3.63, 3.8) is 0 Å². The predicted molar refractivity (Wildman–Crippen MR) is 436 cm³/mol. The molecule has 0 bridgehead atoms. The Morgan fingerprint density at radius 2 is 0.835 bits per heavy atom. The average Bonchev–Trinajstić information content (AvgIpc) is 1.58. The zero-order valence-electron chi connectivity index (χ0n) is 68.3. The quantitative estimate of drug-likeness (QED) is 0.0394. The summed E-state index contributed by atoms with van der Waals surface area (Å²) >= 11 is 0. The van der Waals surface area contributed by atoms with Crippen LogP contribution in [-0.2, 0) is 76.6 Å². The summed E-state index contributed by atoms with van der Waals surface area (Å²) in [6, 6.07) is 16.2. The molecule has 61 heteroatoms. The molecule has 7 N–H and O–H groups in total. The number of nitrogens with zero attached hydrogens (tertiary/aromatic N) is 31. The molecule has 0 atom stereocenters. The minimum absolute atomic E-state index is 0.0273. The topological polar surface area (TPSA) is 602 Å². The molecule has 17 heterocycles. The second-order valence-corrected chi connectivity index (χ2v) is 40.6. The predicted octanol–water partition coefficient (Wildman–Crippen LogP) is 2.10. The highest BCUT2D eigenvalue weighted by molar-refractivity contribution is 7.90. The maximum atomic E-state index is 12.9. The highest BCUT2D eigenvalue weighted by atomic mass is 32.2. The number of sulfonamides is 4. The van der Waals surface area contributed by atoms with E-state index >= 15 is 0 Å². The van der Waals surface area contributed by atoms with Crippen LogP contribution in [0.1, 0.15) is 57.8 Å². The van der Waals surface area contributed by atoms with Crippen molar-refractivity contribution in [1.29, 1.82) is 15.8 Å². The van der Waals surface area contributed by atoms with Gasteiger partial charge in [0.25, 0.3) is 0 Å². The van der Waals surface area contributed by atoms with E-state index in [2.05, 4.69) is 108 Å². The molecule has 12 aromatic heterocycles. The number of nitrogens with two attached hydrogens (primary N) is 1. The fourth-order valence-electron chi connectivity index (χ4n) is 15.5. The summed E-state index contributed by atoms with van der Waals surface area (Å²) in [4.78, 5) is 69.4. The number of rotatable bonds is 23. The lowest BCUT2D eigenvalue weighted by Gasteiger charge is -2.48. The van der Waals surface area contributed by atoms with Gasteiger partial charge in [-0.05, 0) is 50.7 Å². The molecule has 3 amide bonds. The summed E-state index contributed by atoms with van der Waals surface area (Å²) in [7, 11) is -19.8. The third kappa shape index (κ3) is 16.9. The van der Waals surface area contributed by atoms with Gasteiger partial charge in [-0.15, -0.1) is 20.4 Å². The number of hydrogen-bond donors (Lipinski definition) is 6. The van der Waals surface area contributed by atoms with E-state index in [0.717, 1.165) is 24.1 Å². The Kier molecular flexibility index (Phi) is 22.9. The Morgan fingerprint density at radius 1 is 0.481 bits per heavy atom. The van der Waals surface area contributed by atoms with Crippen molar-refractivity contribution < 1.29 is 92.7 Å². The van der Waals surface area contributed by atoms with Crippen molar-refractivity contribution >= 4 is 104 Å².